The van der Waals surface area contributed by atoms with Crippen molar-refractivity contribution in [2.75, 3.05) is 0 Å². The van der Waals surface area contributed by atoms with E-state index in [0.29, 0.717) is 5.92 Å². The molecule has 0 aliphatic carbocycles. The Hall–Kier alpha value is -0.640. The van der Waals surface area contributed by atoms with Gasteiger partial charge < -0.3 is 9.36 Å². The third-order valence-corrected chi connectivity index (χ3v) is 3.57. The molecule has 2 rings (SSSR count). The first-order valence-corrected chi connectivity index (χ1v) is 6.13. The first kappa shape index (κ1) is 10.9. The van der Waals surface area contributed by atoms with E-state index < -0.39 is 0 Å². The third-order valence-electron chi connectivity index (χ3n) is 2.93. The maximum Gasteiger partial charge on any atom is 0.127 e. The average molecular weight is 271 g/mol. The van der Waals surface area contributed by atoms with Crippen LogP contribution in [0.5, 0.6) is 0 Å². The van der Waals surface area contributed by atoms with Gasteiger partial charge in [-0.25, -0.2) is 4.98 Å². The summed E-state index contributed by atoms with van der Waals surface area (Å²) < 4.78 is 3.16. The average Bonchev–Trinajstić information content (AvgIpc) is 2.56. The molecule has 0 saturated heterocycles. The number of fused-ring (bicyclic) bond motifs is 1. The molecule has 0 amide bonds. The lowest BCUT2D eigenvalue weighted by Gasteiger charge is -2.22. The van der Waals surface area contributed by atoms with E-state index in [1.807, 2.05) is 0 Å². The number of hydrogen-bond donors (Lipinski definition) is 0. The summed E-state index contributed by atoms with van der Waals surface area (Å²) in [5.41, 5.74) is 1.25. The summed E-state index contributed by atoms with van der Waals surface area (Å²) in [6, 6.07) is 0. The van der Waals surface area contributed by atoms with Gasteiger partial charge >= 0.3 is 0 Å². The van der Waals surface area contributed by atoms with Crippen molar-refractivity contribution in [1.82, 2.24) is 9.55 Å². The monoisotopic (exact) mass is 270 g/mol. The van der Waals surface area contributed by atoms with Crippen molar-refractivity contribution < 1.29 is 4.79 Å². The van der Waals surface area contributed by atoms with Gasteiger partial charge in [0.25, 0.3) is 0 Å². The van der Waals surface area contributed by atoms with Gasteiger partial charge in [0, 0.05) is 18.4 Å². The fraction of sp³-hybridized carbons (Fsp3) is 0.636. The maximum atomic E-state index is 10.8. The molecule has 0 spiro atoms. The van der Waals surface area contributed by atoms with Gasteiger partial charge in [-0.05, 0) is 28.8 Å². The predicted molar refractivity (Wildman–Crippen MR) is 61.9 cm³/mol. The number of imidazole rings is 1. The fourth-order valence-corrected chi connectivity index (χ4v) is 2.71. The predicted octanol–water partition coefficient (Wildman–Crippen LogP) is 2.53. The minimum atomic E-state index is 0.163. The van der Waals surface area contributed by atoms with Crippen LogP contribution in [0.15, 0.2) is 4.60 Å². The van der Waals surface area contributed by atoms with E-state index >= 15 is 0 Å². The number of nitrogens with zero attached hydrogens (tertiary/aromatic N) is 2. The van der Waals surface area contributed by atoms with Crippen LogP contribution in [0.25, 0.3) is 0 Å². The van der Waals surface area contributed by atoms with Gasteiger partial charge in [-0.3, -0.25) is 0 Å². The normalized spacial score (nSPS) is 20.4. The zero-order valence-corrected chi connectivity index (χ0v) is 10.6. The van der Waals surface area contributed by atoms with Gasteiger partial charge in [0.1, 0.15) is 16.7 Å². The number of carbonyl (C=O) groups is 1. The van der Waals surface area contributed by atoms with Crippen molar-refractivity contribution in [3.8, 4) is 0 Å². The van der Waals surface area contributed by atoms with Crippen LogP contribution in [0.3, 0.4) is 0 Å². The van der Waals surface area contributed by atoms with Crippen LogP contribution in [0, 0.1) is 5.92 Å². The second kappa shape index (κ2) is 4.08. The Morgan fingerprint density at radius 1 is 1.60 bits per heavy atom. The topological polar surface area (TPSA) is 34.9 Å². The van der Waals surface area contributed by atoms with E-state index in [2.05, 4.69) is 39.3 Å². The highest BCUT2D eigenvalue weighted by molar-refractivity contribution is 9.10. The second-order valence-corrected chi connectivity index (χ2v) is 5.16. The quantitative estimate of drug-likeness (QED) is 0.775. The molecule has 15 heavy (non-hydrogen) atoms. The van der Waals surface area contributed by atoms with Crippen LogP contribution in [-0.4, -0.2) is 15.8 Å². The second-order valence-electron chi connectivity index (χ2n) is 4.41. The molecule has 0 aromatic carbocycles. The van der Waals surface area contributed by atoms with Crippen molar-refractivity contribution >= 4 is 22.2 Å². The Morgan fingerprint density at radius 3 is 2.93 bits per heavy atom. The molecule has 1 atom stereocenters. The third kappa shape index (κ3) is 1.87. The minimum Gasteiger partial charge on any atom is -0.330 e. The summed E-state index contributed by atoms with van der Waals surface area (Å²) >= 11 is 3.49. The summed E-state index contributed by atoms with van der Waals surface area (Å²) in [4.78, 5) is 15.3. The number of rotatable bonds is 2. The van der Waals surface area contributed by atoms with E-state index in [1.165, 1.54) is 5.69 Å². The number of aldehydes is 1. The zero-order valence-electron chi connectivity index (χ0n) is 9.03. The lowest BCUT2D eigenvalue weighted by molar-refractivity contribution is -0.111. The zero-order chi connectivity index (χ0) is 11.0. The van der Waals surface area contributed by atoms with E-state index in [9.17, 15) is 4.79 Å². The Kier molecular flexibility index (Phi) is 2.96. The van der Waals surface area contributed by atoms with Crippen LogP contribution in [-0.2, 0) is 17.8 Å². The number of hydrogen-bond acceptors (Lipinski definition) is 2. The van der Waals surface area contributed by atoms with Crippen LogP contribution in [0.2, 0.25) is 0 Å². The van der Waals surface area contributed by atoms with Gasteiger partial charge in [0.15, 0.2) is 0 Å². The highest BCUT2D eigenvalue weighted by Crippen LogP contribution is 2.29. The standard InChI is InChI=1S/C11H15BrN2O/c1-7(2)11-13-10(12)9-4-3-8(6-15)5-14(9)11/h6-8H,3-5H2,1-2H3. The van der Waals surface area contributed by atoms with Crippen molar-refractivity contribution in [2.45, 2.75) is 39.2 Å². The molecule has 0 N–H and O–H groups in total. The lowest BCUT2D eigenvalue weighted by Crippen LogP contribution is -2.22. The fourth-order valence-electron chi connectivity index (χ4n) is 2.12. The van der Waals surface area contributed by atoms with Gasteiger partial charge in [-0.2, -0.15) is 0 Å². The largest absolute Gasteiger partial charge is 0.330 e. The Balaban J connectivity index is 2.41. The highest BCUT2D eigenvalue weighted by Gasteiger charge is 2.24. The van der Waals surface area contributed by atoms with Crippen LogP contribution >= 0.6 is 15.9 Å². The summed E-state index contributed by atoms with van der Waals surface area (Å²) in [5.74, 6) is 1.65. The van der Waals surface area contributed by atoms with Gasteiger partial charge in [0.2, 0.25) is 0 Å². The van der Waals surface area contributed by atoms with Crippen molar-refractivity contribution in [2.24, 2.45) is 5.92 Å². The molecule has 1 unspecified atom stereocenters. The molecule has 82 valence electrons. The lowest BCUT2D eigenvalue weighted by atomic mass is 9.99. The van der Waals surface area contributed by atoms with E-state index in [4.69, 9.17) is 0 Å². The maximum absolute atomic E-state index is 10.8. The molecule has 3 nitrogen and oxygen atoms in total. The van der Waals surface area contributed by atoms with Gasteiger partial charge in [-0.15, -0.1) is 0 Å². The molecule has 0 saturated carbocycles. The Bertz CT molecular complexity index is 384. The molecular weight excluding hydrogens is 256 g/mol. The minimum absolute atomic E-state index is 0.163. The molecular formula is C11H15BrN2O. The SMILES string of the molecule is CC(C)c1nc(Br)c2n1CC(C=O)CC2. The Morgan fingerprint density at radius 2 is 2.33 bits per heavy atom. The van der Waals surface area contributed by atoms with E-state index in [1.54, 1.807) is 0 Å². The van der Waals surface area contributed by atoms with Crippen LogP contribution in [0.1, 0.15) is 37.7 Å². The van der Waals surface area contributed by atoms with Gasteiger partial charge in [-0.1, -0.05) is 13.8 Å². The molecule has 4 heteroatoms. The molecule has 1 aliphatic rings. The van der Waals surface area contributed by atoms with E-state index in [-0.39, 0.29) is 5.92 Å². The molecule has 0 bridgehead atoms. The molecule has 1 aromatic rings. The summed E-state index contributed by atoms with van der Waals surface area (Å²) in [7, 11) is 0. The Labute approximate surface area is 98.0 Å². The van der Waals surface area contributed by atoms with Crippen LogP contribution < -0.4 is 0 Å². The number of carbonyl (C=O) groups excluding carboxylic acids is 1. The van der Waals surface area contributed by atoms with Crippen molar-refractivity contribution in [1.29, 1.82) is 0 Å². The first-order valence-electron chi connectivity index (χ1n) is 5.33. The first-order chi connectivity index (χ1) is 7.13. The van der Waals surface area contributed by atoms with Gasteiger partial charge in [0.05, 0.1) is 5.69 Å². The molecule has 1 aromatic heterocycles. The van der Waals surface area contributed by atoms with Crippen molar-refractivity contribution in [3.05, 3.63) is 16.1 Å². The molecule has 1 aliphatic heterocycles. The summed E-state index contributed by atoms with van der Waals surface area (Å²) in [6.45, 7) is 5.06. The molecule has 2 heterocycles. The molecule has 0 radical (unpaired) electrons. The molecule has 0 fully saturated rings. The smallest absolute Gasteiger partial charge is 0.127 e. The number of aromatic nitrogens is 2. The highest BCUT2D eigenvalue weighted by atomic mass is 79.9. The summed E-state index contributed by atoms with van der Waals surface area (Å²) in [5, 5.41) is 0. The summed E-state index contributed by atoms with van der Waals surface area (Å²) in [6.07, 6.45) is 2.97. The number of halogens is 1. The van der Waals surface area contributed by atoms with Crippen LogP contribution in [0.4, 0.5) is 0 Å². The van der Waals surface area contributed by atoms with Crippen molar-refractivity contribution in [3.63, 3.8) is 0 Å². The van der Waals surface area contributed by atoms with E-state index in [0.717, 1.165) is 36.1 Å².